The minimum Gasteiger partial charge on any atom is -0.358 e. The molecule has 0 aromatic rings. The molecular formula is C11H18N6O3. The van der Waals surface area contributed by atoms with Crippen molar-refractivity contribution in [2.75, 3.05) is 20.6 Å². The lowest BCUT2D eigenvalue weighted by molar-refractivity contribution is -0.138. The number of allylic oxidation sites excluding steroid dienone is 1. The van der Waals surface area contributed by atoms with Gasteiger partial charge in [0.15, 0.2) is 6.04 Å². The number of rotatable bonds is 3. The van der Waals surface area contributed by atoms with Crippen LogP contribution >= 0.6 is 0 Å². The van der Waals surface area contributed by atoms with Crippen LogP contribution in [0.1, 0.15) is 6.92 Å². The fraction of sp³-hybridized carbons (Fsp3) is 0.545. The van der Waals surface area contributed by atoms with Crippen molar-refractivity contribution in [1.82, 2.24) is 31.5 Å². The smallest absolute Gasteiger partial charge is 0.250 e. The van der Waals surface area contributed by atoms with Crippen LogP contribution in [0.15, 0.2) is 11.9 Å². The molecule has 0 bridgehead atoms. The molecule has 0 radical (unpaired) electrons. The number of amides is 3. The van der Waals surface area contributed by atoms with E-state index in [-0.39, 0.29) is 24.3 Å². The van der Waals surface area contributed by atoms with E-state index in [0.717, 1.165) is 0 Å². The second-order valence-corrected chi connectivity index (χ2v) is 4.75. The maximum atomic E-state index is 12.3. The number of carbonyl (C=O) groups is 3. The summed E-state index contributed by atoms with van der Waals surface area (Å²) >= 11 is 0. The second kappa shape index (κ2) is 5.47. The van der Waals surface area contributed by atoms with Crippen LogP contribution in [-0.2, 0) is 14.4 Å². The molecule has 1 fully saturated rings. The van der Waals surface area contributed by atoms with E-state index in [0.29, 0.717) is 5.70 Å². The maximum absolute atomic E-state index is 12.3. The molecule has 4 N–H and O–H groups in total. The molecule has 1 saturated heterocycles. The molecule has 2 aliphatic heterocycles. The molecule has 9 nitrogen and oxygen atoms in total. The first kappa shape index (κ1) is 14.3. The quantitative estimate of drug-likeness (QED) is 0.447. The van der Waals surface area contributed by atoms with Crippen LogP contribution in [0.3, 0.4) is 0 Å². The van der Waals surface area contributed by atoms with Crippen molar-refractivity contribution in [3.8, 4) is 0 Å². The van der Waals surface area contributed by atoms with Crippen LogP contribution in [0, 0.1) is 0 Å². The molecule has 2 aliphatic rings. The van der Waals surface area contributed by atoms with Gasteiger partial charge in [-0.05, 0) is 6.92 Å². The predicted octanol–water partition coefficient (Wildman–Crippen LogP) is -2.76. The zero-order valence-electron chi connectivity index (χ0n) is 11.6. The lowest BCUT2D eigenvalue weighted by atomic mass is 10.1. The van der Waals surface area contributed by atoms with Gasteiger partial charge >= 0.3 is 0 Å². The number of hydrazine groups is 2. The van der Waals surface area contributed by atoms with Gasteiger partial charge in [0.1, 0.15) is 6.04 Å². The van der Waals surface area contributed by atoms with Crippen molar-refractivity contribution >= 4 is 17.7 Å². The third-order valence-electron chi connectivity index (χ3n) is 3.19. The molecule has 0 aliphatic carbocycles. The minimum absolute atomic E-state index is 0.0588. The fourth-order valence-corrected chi connectivity index (χ4v) is 2.16. The zero-order valence-corrected chi connectivity index (χ0v) is 11.6. The van der Waals surface area contributed by atoms with E-state index in [2.05, 4.69) is 21.6 Å². The van der Waals surface area contributed by atoms with Gasteiger partial charge in [-0.2, -0.15) is 5.53 Å². The van der Waals surface area contributed by atoms with Crippen molar-refractivity contribution in [2.45, 2.75) is 19.0 Å². The van der Waals surface area contributed by atoms with E-state index in [1.165, 1.54) is 19.0 Å². The van der Waals surface area contributed by atoms with E-state index >= 15 is 0 Å². The summed E-state index contributed by atoms with van der Waals surface area (Å²) in [5.74, 6) is -0.876. The Labute approximate surface area is 116 Å². The molecule has 3 amide bonds. The largest absolute Gasteiger partial charge is 0.358 e. The van der Waals surface area contributed by atoms with Gasteiger partial charge in [-0.1, -0.05) is 0 Å². The fourth-order valence-electron chi connectivity index (χ4n) is 2.16. The lowest BCUT2D eigenvalue weighted by Crippen LogP contribution is -2.56. The first-order valence-corrected chi connectivity index (χ1v) is 6.18. The van der Waals surface area contributed by atoms with Crippen LogP contribution in [0.4, 0.5) is 0 Å². The second-order valence-electron chi connectivity index (χ2n) is 4.75. The van der Waals surface area contributed by atoms with Crippen LogP contribution in [0.25, 0.3) is 0 Å². The SMILES string of the molecule is CNC(=O)CN(C)C(=O)C1NNN2C=C(C)NC(=O)C12. The summed E-state index contributed by atoms with van der Waals surface area (Å²) < 4.78 is 0. The van der Waals surface area contributed by atoms with Gasteiger partial charge in [0, 0.05) is 26.0 Å². The van der Waals surface area contributed by atoms with Crippen molar-refractivity contribution in [3.05, 3.63) is 11.9 Å². The van der Waals surface area contributed by atoms with E-state index < -0.39 is 12.1 Å². The monoisotopic (exact) mass is 282 g/mol. The summed E-state index contributed by atoms with van der Waals surface area (Å²) in [7, 11) is 3.02. The Morgan fingerprint density at radius 2 is 2.20 bits per heavy atom. The maximum Gasteiger partial charge on any atom is 0.250 e. The van der Waals surface area contributed by atoms with E-state index in [1.54, 1.807) is 18.1 Å². The average molecular weight is 282 g/mol. The predicted molar refractivity (Wildman–Crippen MR) is 69.3 cm³/mol. The van der Waals surface area contributed by atoms with E-state index in [9.17, 15) is 14.4 Å². The van der Waals surface area contributed by atoms with Crippen molar-refractivity contribution in [2.24, 2.45) is 0 Å². The van der Waals surface area contributed by atoms with Gasteiger partial charge in [-0.15, -0.1) is 0 Å². The molecule has 0 aromatic carbocycles. The Kier molecular flexibility index (Phi) is 3.91. The Bertz CT molecular complexity index is 477. The highest BCUT2D eigenvalue weighted by molar-refractivity contribution is 5.95. The number of nitrogens with one attached hydrogen (secondary N) is 4. The summed E-state index contributed by atoms with van der Waals surface area (Å²) in [5, 5.41) is 6.67. The summed E-state index contributed by atoms with van der Waals surface area (Å²) in [6.45, 7) is 1.69. The summed E-state index contributed by atoms with van der Waals surface area (Å²) in [4.78, 5) is 36.8. The van der Waals surface area contributed by atoms with Gasteiger partial charge in [-0.3, -0.25) is 19.4 Å². The van der Waals surface area contributed by atoms with Gasteiger partial charge in [-0.25, -0.2) is 5.43 Å². The van der Waals surface area contributed by atoms with Crippen LogP contribution < -0.4 is 21.6 Å². The molecule has 110 valence electrons. The molecule has 2 atom stereocenters. The topological polar surface area (TPSA) is 106 Å². The Morgan fingerprint density at radius 3 is 2.85 bits per heavy atom. The number of hydrogen-bond donors (Lipinski definition) is 4. The molecule has 0 saturated carbocycles. The highest BCUT2D eigenvalue weighted by atomic mass is 16.2. The number of nitrogens with zero attached hydrogens (tertiary/aromatic N) is 2. The van der Waals surface area contributed by atoms with Gasteiger partial charge in [0.2, 0.25) is 11.8 Å². The molecule has 0 aromatic heterocycles. The normalized spacial score (nSPS) is 24.6. The van der Waals surface area contributed by atoms with Crippen LogP contribution in [0.5, 0.6) is 0 Å². The Balaban J connectivity index is 2.08. The number of carbonyl (C=O) groups excluding carboxylic acids is 3. The van der Waals surface area contributed by atoms with Gasteiger partial charge in [0.05, 0.1) is 6.54 Å². The molecular weight excluding hydrogens is 264 g/mol. The average Bonchev–Trinajstić information content (AvgIpc) is 2.81. The van der Waals surface area contributed by atoms with Gasteiger partial charge in [0.25, 0.3) is 5.91 Å². The summed E-state index contributed by atoms with van der Waals surface area (Å²) in [5.41, 5.74) is 6.23. The first-order chi connectivity index (χ1) is 9.43. The molecule has 0 spiro atoms. The van der Waals surface area contributed by atoms with Crippen LogP contribution in [0.2, 0.25) is 0 Å². The van der Waals surface area contributed by atoms with E-state index in [4.69, 9.17) is 0 Å². The highest BCUT2D eigenvalue weighted by Gasteiger charge is 2.45. The third-order valence-corrected chi connectivity index (χ3v) is 3.19. The number of hydrogen-bond acceptors (Lipinski definition) is 6. The minimum atomic E-state index is -0.756. The molecule has 20 heavy (non-hydrogen) atoms. The van der Waals surface area contributed by atoms with Crippen molar-refractivity contribution in [3.63, 3.8) is 0 Å². The number of fused-ring (bicyclic) bond motifs is 1. The molecule has 9 heteroatoms. The Hall–Kier alpha value is -2.13. The number of likely N-dealkylation sites (N-methyl/N-ethyl adjacent to an activating group) is 2. The van der Waals surface area contributed by atoms with Crippen LogP contribution in [-0.4, -0.2) is 60.4 Å². The molecule has 2 unspecified atom stereocenters. The summed E-state index contributed by atoms with van der Waals surface area (Å²) in [6, 6.07) is -1.44. The zero-order chi connectivity index (χ0) is 14.9. The van der Waals surface area contributed by atoms with Crippen molar-refractivity contribution in [1.29, 1.82) is 0 Å². The summed E-state index contributed by atoms with van der Waals surface area (Å²) in [6.07, 6.45) is 1.70. The Morgan fingerprint density at radius 1 is 1.50 bits per heavy atom. The highest BCUT2D eigenvalue weighted by Crippen LogP contribution is 2.16. The standard InChI is InChI=1S/C11H18N6O3/c1-6-4-17-9(10(19)13-6)8(14-15-17)11(20)16(3)5-7(18)12-2/h4,8-9,14-15H,5H2,1-3H3,(H,12,18)(H,13,19). The van der Waals surface area contributed by atoms with Gasteiger partial charge < -0.3 is 15.5 Å². The molecule has 2 rings (SSSR count). The first-order valence-electron chi connectivity index (χ1n) is 6.18. The van der Waals surface area contributed by atoms with E-state index in [1.807, 2.05) is 0 Å². The molecule has 2 heterocycles. The third kappa shape index (κ3) is 2.58. The lowest BCUT2D eigenvalue weighted by Gasteiger charge is -2.29. The van der Waals surface area contributed by atoms with Crippen molar-refractivity contribution < 1.29 is 14.4 Å².